The maximum Gasteiger partial charge on any atom is 0.0626 e. The molecule has 0 spiro atoms. The van der Waals surface area contributed by atoms with Gasteiger partial charge in [0.25, 0.3) is 0 Å². The summed E-state index contributed by atoms with van der Waals surface area (Å²) in [5, 5.41) is 3.72. The molecular formula is C15H29NO. The van der Waals surface area contributed by atoms with Crippen LogP contribution in [0.25, 0.3) is 0 Å². The van der Waals surface area contributed by atoms with Crippen molar-refractivity contribution >= 4 is 0 Å². The molecule has 17 heavy (non-hydrogen) atoms. The average molecular weight is 239 g/mol. The highest BCUT2D eigenvalue weighted by atomic mass is 16.5. The van der Waals surface area contributed by atoms with E-state index in [1.807, 2.05) is 0 Å². The Kier molecular flexibility index (Phi) is 5.79. The van der Waals surface area contributed by atoms with Crippen molar-refractivity contribution in [3.05, 3.63) is 0 Å². The second-order valence-corrected chi connectivity index (χ2v) is 5.84. The van der Waals surface area contributed by atoms with E-state index in [-0.39, 0.29) is 0 Å². The standard InChI is InChI=1S/C15H29NO/c1-2-11-16-15(12-17-14-9-6-10-14)13-7-4-3-5-8-13/h13-16H,2-12H2,1H3. The summed E-state index contributed by atoms with van der Waals surface area (Å²) < 4.78 is 6.03. The first-order valence-electron chi connectivity index (χ1n) is 7.75. The maximum absolute atomic E-state index is 6.03. The lowest BCUT2D eigenvalue weighted by Gasteiger charge is -2.34. The molecule has 0 radical (unpaired) electrons. The van der Waals surface area contributed by atoms with Crippen LogP contribution in [0.4, 0.5) is 0 Å². The summed E-state index contributed by atoms with van der Waals surface area (Å²) in [4.78, 5) is 0. The third-order valence-electron chi connectivity index (χ3n) is 4.44. The third kappa shape index (κ3) is 4.26. The van der Waals surface area contributed by atoms with Crippen molar-refractivity contribution in [1.82, 2.24) is 5.32 Å². The monoisotopic (exact) mass is 239 g/mol. The zero-order chi connectivity index (χ0) is 11.9. The topological polar surface area (TPSA) is 21.3 Å². The van der Waals surface area contributed by atoms with Crippen molar-refractivity contribution in [2.75, 3.05) is 13.2 Å². The summed E-state index contributed by atoms with van der Waals surface area (Å²) in [5.41, 5.74) is 0. The molecule has 0 heterocycles. The Morgan fingerprint density at radius 2 is 1.82 bits per heavy atom. The van der Waals surface area contributed by atoms with Crippen LogP contribution in [0.1, 0.15) is 64.7 Å². The minimum atomic E-state index is 0.588. The molecule has 0 aromatic carbocycles. The minimum Gasteiger partial charge on any atom is -0.377 e. The molecule has 2 aliphatic carbocycles. The van der Waals surface area contributed by atoms with Gasteiger partial charge in [-0.05, 0) is 51.0 Å². The third-order valence-corrected chi connectivity index (χ3v) is 4.44. The number of rotatable bonds is 7. The van der Waals surface area contributed by atoms with E-state index in [4.69, 9.17) is 4.74 Å². The van der Waals surface area contributed by atoms with Gasteiger partial charge in [-0.3, -0.25) is 0 Å². The summed E-state index contributed by atoms with van der Waals surface area (Å²) in [5.74, 6) is 0.871. The average Bonchev–Trinajstić information content (AvgIpc) is 2.32. The molecule has 2 nitrogen and oxygen atoms in total. The predicted octanol–water partition coefficient (Wildman–Crippen LogP) is 3.50. The molecule has 0 amide bonds. The fourth-order valence-electron chi connectivity index (χ4n) is 3.01. The first kappa shape index (κ1) is 13.4. The van der Waals surface area contributed by atoms with Gasteiger partial charge >= 0.3 is 0 Å². The lowest BCUT2D eigenvalue weighted by molar-refractivity contribution is -0.0183. The lowest BCUT2D eigenvalue weighted by atomic mass is 9.84. The van der Waals surface area contributed by atoms with E-state index in [1.165, 1.54) is 57.8 Å². The van der Waals surface area contributed by atoms with E-state index in [9.17, 15) is 0 Å². The van der Waals surface area contributed by atoms with Crippen LogP contribution in [-0.2, 0) is 4.74 Å². The highest BCUT2D eigenvalue weighted by molar-refractivity contribution is 4.80. The Labute approximate surface area is 107 Å². The molecule has 0 aromatic heterocycles. The Balaban J connectivity index is 1.73. The van der Waals surface area contributed by atoms with Crippen LogP contribution >= 0.6 is 0 Å². The Morgan fingerprint density at radius 3 is 2.41 bits per heavy atom. The van der Waals surface area contributed by atoms with Gasteiger partial charge in [-0.25, -0.2) is 0 Å². The van der Waals surface area contributed by atoms with Gasteiger partial charge in [0, 0.05) is 6.04 Å². The number of nitrogens with one attached hydrogen (secondary N) is 1. The van der Waals surface area contributed by atoms with E-state index >= 15 is 0 Å². The zero-order valence-corrected chi connectivity index (χ0v) is 11.4. The highest BCUT2D eigenvalue weighted by Gasteiger charge is 2.25. The number of hydrogen-bond donors (Lipinski definition) is 1. The molecule has 1 N–H and O–H groups in total. The second-order valence-electron chi connectivity index (χ2n) is 5.84. The van der Waals surface area contributed by atoms with Crippen molar-refractivity contribution in [3.8, 4) is 0 Å². The van der Waals surface area contributed by atoms with Gasteiger partial charge in [-0.2, -0.15) is 0 Å². The molecule has 2 saturated carbocycles. The largest absolute Gasteiger partial charge is 0.377 e. The van der Waals surface area contributed by atoms with Crippen molar-refractivity contribution in [2.45, 2.75) is 76.9 Å². The number of ether oxygens (including phenoxy) is 1. The van der Waals surface area contributed by atoms with Crippen LogP contribution in [0.15, 0.2) is 0 Å². The summed E-state index contributed by atoms with van der Waals surface area (Å²) >= 11 is 0. The molecule has 0 saturated heterocycles. The Bertz CT molecular complexity index is 197. The molecule has 2 rings (SSSR count). The molecule has 1 unspecified atom stereocenters. The zero-order valence-electron chi connectivity index (χ0n) is 11.4. The highest BCUT2D eigenvalue weighted by Crippen LogP contribution is 2.28. The fourth-order valence-corrected chi connectivity index (χ4v) is 3.01. The number of hydrogen-bond acceptors (Lipinski definition) is 2. The molecule has 0 bridgehead atoms. The van der Waals surface area contributed by atoms with Gasteiger partial charge < -0.3 is 10.1 Å². The first-order valence-corrected chi connectivity index (χ1v) is 7.75. The molecule has 0 aliphatic heterocycles. The second kappa shape index (κ2) is 7.38. The van der Waals surface area contributed by atoms with E-state index in [2.05, 4.69) is 12.2 Å². The van der Waals surface area contributed by atoms with E-state index in [0.717, 1.165) is 19.1 Å². The van der Waals surface area contributed by atoms with Gasteiger partial charge in [-0.15, -0.1) is 0 Å². The van der Waals surface area contributed by atoms with E-state index in [0.29, 0.717) is 12.1 Å². The molecule has 2 fully saturated rings. The smallest absolute Gasteiger partial charge is 0.0626 e. The Hall–Kier alpha value is -0.0800. The van der Waals surface area contributed by atoms with E-state index in [1.54, 1.807) is 0 Å². The van der Waals surface area contributed by atoms with Crippen molar-refractivity contribution in [3.63, 3.8) is 0 Å². The van der Waals surface area contributed by atoms with Gasteiger partial charge in [0.2, 0.25) is 0 Å². The molecule has 100 valence electrons. The van der Waals surface area contributed by atoms with Crippen molar-refractivity contribution in [2.24, 2.45) is 5.92 Å². The summed E-state index contributed by atoms with van der Waals surface area (Å²) in [6, 6.07) is 0.621. The molecule has 1 atom stereocenters. The van der Waals surface area contributed by atoms with Crippen LogP contribution in [0.3, 0.4) is 0 Å². The molecule has 2 heteroatoms. The lowest BCUT2D eigenvalue weighted by Crippen LogP contribution is -2.42. The summed E-state index contributed by atoms with van der Waals surface area (Å²) in [7, 11) is 0. The molecular weight excluding hydrogens is 210 g/mol. The quantitative estimate of drug-likeness (QED) is 0.734. The normalized spacial score (nSPS) is 24.5. The fraction of sp³-hybridized carbons (Fsp3) is 1.00. The van der Waals surface area contributed by atoms with Crippen molar-refractivity contribution in [1.29, 1.82) is 0 Å². The van der Waals surface area contributed by atoms with Gasteiger partial charge in [0.15, 0.2) is 0 Å². The molecule has 2 aliphatic rings. The van der Waals surface area contributed by atoms with Gasteiger partial charge in [-0.1, -0.05) is 26.2 Å². The minimum absolute atomic E-state index is 0.588. The maximum atomic E-state index is 6.03. The summed E-state index contributed by atoms with van der Waals surface area (Å²) in [6.07, 6.45) is 12.9. The van der Waals surface area contributed by atoms with Gasteiger partial charge in [0.05, 0.1) is 12.7 Å². The van der Waals surface area contributed by atoms with Crippen LogP contribution in [-0.4, -0.2) is 25.3 Å². The van der Waals surface area contributed by atoms with Gasteiger partial charge in [0.1, 0.15) is 0 Å². The van der Waals surface area contributed by atoms with Crippen LogP contribution in [0.2, 0.25) is 0 Å². The predicted molar refractivity (Wildman–Crippen MR) is 72.2 cm³/mol. The Morgan fingerprint density at radius 1 is 1.06 bits per heavy atom. The first-order chi connectivity index (χ1) is 8.40. The van der Waals surface area contributed by atoms with E-state index < -0.39 is 0 Å². The SMILES string of the molecule is CCCNC(COC1CCC1)C1CCCCC1. The van der Waals surface area contributed by atoms with Crippen LogP contribution in [0, 0.1) is 5.92 Å². The summed E-state index contributed by atoms with van der Waals surface area (Å²) in [6.45, 7) is 4.35. The van der Waals surface area contributed by atoms with Crippen LogP contribution in [0.5, 0.6) is 0 Å². The van der Waals surface area contributed by atoms with Crippen LogP contribution < -0.4 is 5.32 Å². The molecule has 0 aromatic rings. The van der Waals surface area contributed by atoms with Crippen molar-refractivity contribution < 1.29 is 4.74 Å².